The van der Waals surface area contributed by atoms with E-state index in [1.165, 1.54) is 11.3 Å². The zero-order valence-corrected chi connectivity index (χ0v) is 15.0. The lowest BCUT2D eigenvalue weighted by Crippen LogP contribution is -2.26. The van der Waals surface area contributed by atoms with Gasteiger partial charge < -0.3 is 14.0 Å². The standard InChI is InChI=1S/C19H20N2O3S/c1-14(24-15-8-4-3-5-9-15)18(22)20-19-21(12-13-23-2)16-10-6-7-11-17(16)25-19/h3-11,14H,12-13H2,1-2H3. The lowest BCUT2D eigenvalue weighted by Gasteiger charge is -2.10. The molecule has 3 aromatic rings. The van der Waals surface area contributed by atoms with E-state index in [9.17, 15) is 4.79 Å². The van der Waals surface area contributed by atoms with Gasteiger partial charge in [0, 0.05) is 13.7 Å². The van der Waals surface area contributed by atoms with Gasteiger partial charge in [-0.05, 0) is 31.2 Å². The Morgan fingerprint density at radius 2 is 1.88 bits per heavy atom. The average Bonchev–Trinajstić information content (AvgIpc) is 2.97. The fourth-order valence-corrected chi connectivity index (χ4v) is 3.51. The van der Waals surface area contributed by atoms with Crippen molar-refractivity contribution in [2.24, 2.45) is 4.99 Å². The Bertz CT molecular complexity index is 915. The molecule has 5 nitrogen and oxygen atoms in total. The van der Waals surface area contributed by atoms with Crippen molar-refractivity contribution in [3.8, 4) is 5.75 Å². The second-order valence-electron chi connectivity index (χ2n) is 5.52. The molecule has 1 unspecified atom stereocenters. The van der Waals surface area contributed by atoms with Gasteiger partial charge in [-0.25, -0.2) is 0 Å². The number of methoxy groups -OCH3 is 1. The van der Waals surface area contributed by atoms with Crippen molar-refractivity contribution < 1.29 is 14.3 Å². The van der Waals surface area contributed by atoms with Crippen molar-refractivity contribution in [3.63, 3.8) is 0 Å². The summed E-state index contributed by atoms with van der Waals surface area (Å²) in [5, 5.41) is 0. The van der Waals surface area contributed by atoms with Crippen LogP contribution in [0.25, 0.3) is 10.2 Å². The first-order valence-corrected chi connectivity index (χ1v) is 8.88. The van der Waals surface area contributed by atoms with E-state index in [2.05, 4.69) is 4.99 Å². The van der Waals surface area contributed by atoms with E-state index in [0.717, 1.165) is 10.2 Å². The van der Waals surface area contributed by atoms with Crippen LogP contribution in [0.15, 0.2) is 59.6 Å². The molecule has 1 aromatic heterocycles. The predicted octanol–water partition coefficient (Wildman–Crippen LogP) is 3.24. The van der Waals surface area contributed by atoms with Gasteiger partial charge in [0.05, 0.1) is 16.8 Å². The SMILES string of the molecule is COCCn1c(=NC(=O)C(C)Oc2ccccc2)sc2ccccc21. The van der Waals surface area contributed by atoms with E-state index in [1.807, 2.05) is 59.2 Å². The molecule has 0 bridgehead atoms. The molecule has 0 saturated carbocycles. The molecule has 0 aliphatic heterocycles. The highest BCUT2D eigenvalue weighted by molar-refractivity contribution is 7.16. The van der Waals surface area contributed by atoms with Crippen molar-refractivity contribution in [2.45, 2.75) is 19.6 Å². The summed E-state index contributed by atoms with van der Waals surface area (Å²) in [6, 6.07) is 17.3. The molecular weight excluding hydrogens is 336 g/mol. The lowest BCUT2D eigenvalue weighted by atomic mass is 10.3. The largest absolute Gasteiger partial charge is 0.481 e. The highest BCUT2D eigenvalue weighted by Crippen LogP contribution is 2.17. The van der Waals surface area contributed by atoms with Crippen LogP contribution in [0.2, 0.25) is 0 Å². The molecule has 0 aliphatic rings. The highest BCUT2D eigenvalue weighted by atomic mass is 32.1. The molecule has 0 aliphatic carbocycles. The van der Waals surface area contributed by atoms with Crippen LogP contribution in [0.5, 0.6) is 5.75 Å². The van der Waals surface area contributed by atoms with Crippen LogP contribution < -0.4 is 9.54 Å². The van der Waals surface area contributed by atoms with Gasteiger partial charge in [0.1, 0.15) is 5.75 Å². The van der Waals surface area contributed by atoms with Gasteiger partial charge in [0.25, 0.3) is 5.91 Å². The zero-order valence-electron chi connectivity index (χ0n) is 14.2. The molecule has 1 heterocycles. The van der Waals surface area contributed by atoms with Crippen LogP contribution in [0, 0.1) is 0 Å². The maximum absolute atomic E-state index is 12.5. The summed E-state index contributed by atoms with van der Waals surface area (Å²) in [7, 11) is 1.66. The molecule has 2 aromatic carbocycles. The highest BCUT2D eigenvalue weighted by Gasteiger charge is 2.15. The van der Waals surface area contributed by atoms with Gasteiger partial charge >= 0.3 is 0 Å². The number of hydrogen-bond donors (Lipinski definition) is 0. The minimum Gasteiger partial charge on any atom is -0.481 e. The molecule has 0 spiro atoms. The fraction of sp³-hybridized carbons (Fsp3) is 0.263. The number of nitrogens with zero attached hydrogens (tertiary/aromatic N) is 2. The number of amides is 1. The second-order valence-corrected chi connectivity index (χ2v) is 6.53. The third kappa shape index (κ3) is 4.15. The Kier molecular flexibility index (Phi) is 5.63. The van der Waals surface area contributed by atoms with E-state index in [0.29, 0.717) is 23.7 Å². The Balaban J connectivity index is 1.90. The van der Waals surface area contributed by atoms with Crippen LogP contribution in [-0.4, -0.2) is 30.3 Å². The molecule has 25 heavy (non-hydrogen) atoms. The van der Waals surface area contributed by atoms with E-state index >= 15 is 0 Å². The van der Waals surface area contributed by atoms with Gasteiger partial charge in [0.15, 0.2) is 10.9 Å². The number of carbonyl (C=O) groups excluding carboxylic acids is 1. The Morgan fingerprint density at radius 3 is 2.64 bits per heavy atom. The minimum atomic E-state index is -0.650. The topological polar surface area (TPSA) is 52.8 Å². The lowest BCUT2D eigenvalue weighted by molar-refractivity contribution is -0.124. The Hall–Kier alpha value is -2.44. The number of rotatable bonds is 6. The molecule has 0 N–H and O–H groups in total. The normalized spacial score (nSPS) is 13.1. The van der Waals surface area contributed by atoms with E-state index in [1.54, 1.807) is 14.0 Å². The first kappa shape index (κ1) is 17.4. The first-order chi connectivity index (χ1) is 12.2. The molecule has 0 saturated heterocycles. The van der Waals surface area contributed by atoms with Gasteiger partial charge in [-0.15, -0.1) is 0 Å². The van der Waals surface area contributed by atoms with Crippen molar-refractivity contribution >= 4 is 27.5 Å². The minimum absolute atomic E-state index is 0.304. The molecule has 3 rings (SSSR count). The number of para-hydroxylation sites is 2. The smallest absolute Gasteiger partial charge is 0.289 e. The number of benzene rings is 2. The molecular formula is C19H20N2O3S. The molecule has 0 radical (unpaired) electrons. The number of aromatic nitrogens is 1. The van der Waals surface area contributed by atoms with Gasteiger partial charge in [-0.1, -0.05) is 41.7 Å². The molecule has 0 fully saturated rings. The maximum atomic E-state index is 12.5. The van der Waals surface area contributed by atoms with Gasteiger partial charge in [0.2, 0.25) is 0 Å². The van der Waals surface area contributed by atoms with Crippen molar-refractivity contribution in [2.75, 3.05) is 13.7 Å². The van der Waals surface area contributed by atoms with E-state index in [4.69, 9.17) is 9.47 Å². The van der Waals surface area contributed by atoms with Crippen molar-refractivity contribution in [1.82, 2.24) is 4.57 Å². The summed E-state index contributed by atoms with van der Waals surface area (Å²) in [6.07, 6.45) is -0.650. The monoisotopic (exact) mass is 356 g/mol. The summed E-state index contributed by atoms with van der Waals surface area (Å²) in [5.41, 5.74) is 1.05. The summed E-state index contributed by atoms with van der Waals surface area (Å²) < 4.78 is 13.9. The number of hydrogen-bond acceptors (Lipinski definition) is 4. The third-order valence-corrected chi connectivity index (χ3v) is 4.78. The van der Waals surface area contributed by atoms with Crippen LogP contribution in [0.4, 0.5) is 0 Å². The first-order valence-electron chi connectivity index (χ1n) is 8.06. The average molecular weight is 356 g/mol. The van der Waals surface area contributed by atoms with E-state index in [-0.39, 0.29) is 5.91 Å². The van der Waals surface area contributed by atoms with Crippen LogP contribution >= 0.6 is 11.3 Å². The second kappa shape index (κ2) is 8.09. The summed E-state index contributed by atoms with van der Waals surface area (Å²) >= 11 is 1.49. The fourth-order valence-electron chi connectivity index (χ4n) is 2.44. The van der Waals surface area contributed by atoms with Gasteiger partial charge in [-0.2, -0.15) is 4.99 Å². The number of ether oxygens (including phenoxy) is 2. The molecule has 6 heteroatoms. The molecule has 1 amide bonds. The molecule has 130 valence electrons. The number of carbonyl (C=O) groups is 1. The summed E-state index contributed by atoms with van der Waals surface area (Å²) in [5.74, 6) is 0.351. The number of thiazole rings is 1. The van der Waals surface area contributed by atoms with Crippen LogP contribution in [-0.2, 0) is 16.1 Å². The third-order valence-electron chi connectivity index (χ3n) is 3.72. The summed E-state index contributed by atoms with van der Waals surface area (Å²) in [6.45, 7) is 2.91. The Labute approximate surface area is 150 Å². The number of fused-ring (bicyclic) bond motifs is 1. The van der Waals surface area contributed by atoms with Crippen molar-refractivity contribution in [3.05, 3.63) is 59.4 Å². The van der Waals surface area contributed by atoms with E-state index < -0.39 is 6.10 Å². The molecule has 1 atom stereocenters. The van der Waals surface area contributed by atoms with Crippen molar-refractivity contribution in [1.29, 1.82) is 0 Å². The van der Waals surface area contributed by atoms with Crippen LogP contribution in [0.1, 0.15) is 6.92 Å². The summed E-state index contributed by atoms with van der Waals surface area (Å²) in [4.78, 5) is 17.5. The van der Waals surface area contributed by atoms with Crippen LogP contribution in [0.3, 0.4) is 0 Å². The van der Waals surface area contributed by atoms with Gasteiger partial charge in [-0.3, -0.25) is 4.79 Å². The Morgan fingerprint density at radius 1 is 1.16 bits per heavy atom. The zero-order chi connectivity index (χ0) is 17.6. The maximum Gasteiger partial charge on any atom is 0.289 e. The quantitative estimate of drug-likeness (QED) is 0.681. The predicted molar refractivity (Wildman–Crippen MR) is 98.8 cm³/mol.